The molecule has 0 atom stereocenters. The minimum absolute atomic E-state index is 0.651. The van der Waals surface area contributed by atoms with Crippen LogP contribution in [0.15, 0.2) is 200 Å². The lowest BCUT2D eigenvalue weighted by Crippen LogP contribution is -1.91. The van der Waals surface area contributed by atoms with Gasteiger partial charge in [-0.05, 0) is 151 Å². The molecule has 0 aliphatic carbocycles. The molecule has 0 radical (unpaired) electrons. The predicted octanol–water partition coefficient (Wildman–Crippen LogP) is 15.7. The number of nitriles is 1. The summed E-state index contributed by atoms with van der Waals surface area (Å²) in [5.41, 5.74) is 12.3. The van der Waals surface area contributed by atoms with Crippen LogP contribution in [0.3, 0.4) is 0 Å². The fraction of sp³-hybridized carbons (Fsp3) is 0. The van der Waals surface area contributed by atoms with Crippen molar-refractivity contribution in [2.45, 2.75) is 0 Å². The second kappa shape index (κ2) is 12.6. The standard InChI is InChI=1S/C57H33N/c58-34-35-13-15-36(16-14-35)53-33-44(43-9-3-10-45(31-43)48-26-21-41-19-17-37-5-1-7-39-23-29-51(48)56(41)54(37)39)25-28-50(53)47-12-4-11-46(32-47)49-27-22-42-20-18-38-6-2-8-40-24-30-52(49)57(42)55(38)40/h1-33H. The van der Waals surface area contributed by atoms with Gasteiger partial charge in [0.15, 0.2) is 0 Å². The average molecular weight is 732 g/mol. The Balaban J connectivity index is 0.997. The van der Waals surface area contributed by atoms with Gasteiger partial charge in [-0.1, -0.05) is 170 Å². The van der Waals surface area contributed by atoms with Crippen molar-refractivity contribution in [3.05, 3.63) is 206 Å². The summed E-state index contributed by atoms with van der Waals surface area (Å²) in [6.45, 7) is 0. The van der Waals surface area contributed by atoms with E-state index in [1.165, 1.54) is 86.9 Å². The molecule has 0 unspecified atom stereocenters. The monoisotopic (exact) mass is 731 g/mol. The van der Waals surface area contributed by atoms with Gasteiger partial charge in [0, 0.05) is 0 Å². The van der Waals surface area contributed by atoms with E-state index in [4.69, 9.17) is 0 Å². The van der Waals surface area contributed by atoms with Crippen molar-refractivity contribution in [1.29, 1.82) is 5.26 Å². The lowest BCUT2D eigenvalue weighted by atomic mass is 9.87. The van der Waals surface area contributed by atoms with Crippen LogP contribution in [-0.2, 0) is 0 Å². The molecule has 0 heterocycles. The van der Waals surface area contributed by atoms with Crippen molar-refractivity contribution >= 4 is 64.6 Å². The summed E-state index contributed by atoms with van der Waals surface area (Å²) < 4.78 is 0. The number of rotatable bonds is 5. The van der Waals surface area contributed by atoms with Crippen LogP contribution in [0, 0.1) is 11.3 Å². The zero-order chi connectivity index (χ0) is 38.3. The van der Waals surface area contributed by atoms with E-state index in [9.17, 15) is 5.26 Å². The first-order chi connectivity index (χ1) is 28.7. The van der Waals surface area contributed by atoms with Crippen molar-refractivity contribution in [1.82, 2.24) is 0 Å². The van der Waals surface area contributed by atoms with E-state index in [0.717, 1.165) is 33.4 Å². The Morgan fingerprint density at radius 2 is 0.638 bits per heavy atom. The summed E-state index contributed by atoms with van der Waals surface area (Å²) >= 11 is 0. The molecule has 58 heavy (non-hydrogen) atoms. The van der Waals surface area contributed by atoms with Crippen LogP contribution >= 0.6 is 0 Å². The summed E-state index contributed by atoms with van der Waals surface area (Å²) in [6, 6.07) is 75.4. The minimum atomic E-state index is 0.651. The normalized spacial score (nSPS) is 11.8. The zero-order valence-corrected chi connectivity index (χ0v) is 31.5. The first kappa shape index (κ1) is 32.5. The molecule has 12 aromatic carbocycles. The van der Waals surface area contributed by atoms with E-state index in [0.29, 0.717) is 5.56 Å². The quantitative estimate of drug-likeness (QED) is 0.162. The average Bonchev–Trinajstić information content (AvgIpc) is 3.30. The van der Waals surface area contributed by atoms with Crippen LogP contribution in [-0.4, -0.2) is 0 Å². The lowest BCUT2D eigenvalue weighted by molar-refractivity contribution is 1.48. The summed E-state index contributed by atoms with van der Waals surface area (Å²) in [6.07, 6.45) is 0. The molecule has 12 rings (SSSR count). The first-order valence-corrected chi connectivity index (χ1v) is 19.9. The molecule has 0 amide bonds. The van der Waals surface area contributed by atoms with Crippen LogP contribution in [0.25, 0.3) is 120 Å². The molecule has 0 saturated carbocycles. The molecule has 12 aromatic rings. The molecular formula is C57H33N. The van der Waals surface area contributed by atoms with Gasteiger partial charge in [-0.2, -0.15) is 5.26 Å². The third-order valence-electron chi connectivity index (χ3n) is 12.4. The van der Waals surface area contributed by atoms with Crippen molar-refractivity contribution in [2.75, 3.05) is 0 Å². The molecule has 1 heteroatoms. The Kier molecular flexibility index (Phi) is 7.06. The van der Waals surface area contributed by atoms with E-state index >= 15 is 0 Å². The van der Waals surface area contributed by atoms with Gasteiger partial charge >= 0.3 is 0 Å². The van der Waals surface area contributed by atoms with Crippen LogP contribution < -0.4 is 0 Å². The highest BCUT2D eigenvalue weighted by Crippen LogP contribution is 2.43. The van der Waals surface area contributed by atoms with Crippen molar-refractivity contribution in [3.8, 4) is 61.7 Å². The molecule has 0 bridgehead atoms. The van der Waals surface area contributed by atoms with E-state index in [2.05, 4.69) is 194 Å². The van der Waals surface area contributed by atoms with Gasteiger partial charge in [-0.3, -0.25) is 0 Å². The molecule has 0 aliphatic heterocycles. The summed E-state index contributed by atoms with van der Waals surface area (Å²) in [5, 5.41) is 25.1. The van der Waals surface area contributed by atoms with Gasteiger partial charge in [-0.15, -0.1) is 0 Å². The zero-order valence-electron chi connectivity index (χ0n) is 31.5. The van der Waals surface area contributed by atoms with Crippen molar-refractivity contribution < 1.29 is 0 Å². The summed E-state index contributed by atoms with van der Waals surface area (Å²) in [4.78, 5) is 0. The largest absolute Gasteiger partial charge is 0.192 e. The first-order valence-electron chi connectivity index (χ1n) is 19.9. The maximum Gasteiger partial charge on any atom is 0.0991 e. The van der Waals surface area contributed by atoms with Gasteiger partial charge < -0.3 is 0 Å². The minimum Gasteiger partial charge on any atom is -0.192 e. The maximum absolute atomic E-state index is 9.65. The topological polar surface area (TPSA) is 23.8 Å². The molecule has 1 nitrogen and oxygen atoms in total. The van der Waals surface area contributed by atoms with Crippen molar-refractivity contribution in [2.24, 2.45) is 0 Å². The lowest BCUT2D eigenvalue weighted by Gasteiger charge is -2.17. The Labute approximate surface area is 336 Å². The second-order valence-corrected chi connectivity index (χ2v) is 15.5. The predicted molar refractivity (Wildman–Crippen MR) is 246 cm³/mol. The number of nitrogens with zero attached hydrogens (tertiary/aromatic N) is 1. The Bertz CT molecular complexity index is 3590. The van der Waals surface area contributed by atoms with Crippen LogP contribution in [0.4, 0.5) is 0 Å². The Hall–Kier alpha value is -7.79. The number of hydrogen-bond donors (Lipinski definition) is 0. The van der Waals surface area contributed by atoms with Crippen LogP contribution in [0.1, 0.15) is 5.56 Å². The third kappa shape index (κ3) is 4.96. The van der Waals surface area contributed by atoms with Gasteiger partial charge in [-0.25, -0.2) is 0 Å². The Morgan fingerprint density at radius 3 is 1.17 bits per heavy atom. The van der Waals surface area contributed by atoms with Crippen LogP contribution in [0.5, 0.6) is 0 Å². The van der Waals surface area contributed by atoms with Crippen molar-refractivity contribution in [3.63, 3.8) is 0 Å². The second-order valence-electron chi connectivity index (χ2n) is 15.5. The highest BCUT2D eigenvalue weighted by atomic mass is 14.2. The fourth-order valence-corrected chi connectivity index (χ4v) is 9.63. The molecule has 266 valence electrons. The highest BCUT2D eigenvalue weighted by Gasteiger charge is 2.17. The molecule has 0 aliphatic rings. The summed E-state index contributed by atoms with van der Waals surface area (Å²) in [7, 11) is 0. The van der Waals surface area contributed by atoms with Gasteiger partial charge in [0.2, 0.25) is 0 Å². The van der Waals surface area contributed by atoms with Crippen LogP contribution in [0.2, 0.25) is 0 Å². The smallest absolute Gasteiger partial charge is 0.0991 e. The van der Waals surface area contributed by atoms with E-state index < -0.39 is 0 Å². The summed E-state index contributed by atoms with van der Waals surface area (Å²) in [5.74, 6) is 0. The van der Waals surface area contributed by atoms with Gasteiger partial charge in [0.25, 0.3) is 0 Å². The molecule has 0 saturated heterocycles. The molecule has 0 N–H and O–H groups in total. The Morgan fingerprint density at radius 1 is 0.259 bits per heavy atom. The third-order valence-corrected chi connectivity index (χ3v) is 12.4. The van der Waals surface area contributed by atoms with Gasteiger partial charge in [0.05, 0.1) is 11.6 Å². The fourth-order valence-electron chi connectivity index (χ4n) is 9.63. The number of benzene rings is 12. The van der Waals surface area contributed by atoms with E-state index in [1.807, 2.05) is 12.1 Å². The van der Waals surface area contributed by atoms with Gasteiger partial charge in [0.1, 0.15) is 0 Å². The van der Waals surface area contributed by atoms with E-state index in [1.54, 1.807) is 0 Å². The molecule has 0 spiro atoms. The highest BCUT2D eigenvalue weighted by molar-refractivity contribution is 6.26. The number of hydrogen-bond acceptors (Lipinski definition) is 1. The SMILES string of the molecule is N#Cc1ccc(-c2cc(-c3cccc(-c4ccc5ccc6cccc7ccc4c5c67)c3)ccc2-c2cccc(-c3ccc4ccc5cccc6ccc3c4c56)c2)cc1. The molecular weight excluding hydrogens is 699 g/mol. The molecule has 0 fully saturated rings. The maximum atomic E-state index is 9.65. The van der Waals surface area contributed by atoms with E-state index in [-0.39, 0.29) is 0 Å². The molecule has 0 aromatic heterocycles.